The lowest BCUT2D eigenvalue weighted by atomic mass is 9.91. The third kappa shape index (κ3) is 3.84. The van der Waals surface area contributed by atoms with Crippen LogP contribution in [0.2, 0.25) is 0 Å². The fourth-order valence-electron chi connectivity index (χ4n) is 4.66. The van der Waals surface area contributed by atoms with Gasteiger partial charge >= 0.3 is 6.09 Å². The quantitative estimate of drug-likeness (QED) is 0.634. The van der Waals surface area contributed by atoms with Crippen LogP contribution in [-0.2, 0) is 4.74 Å². The molecule has 33 heavy (non-hydrogen) atoms. The van der Waals surface area contributed by atoms with E-state index in [-0.39, 0.29) is 6.09 Å². The number of rotatable bonds is 4. The fourth-order valence-corrected chi connectivity index (χ4v) is 4.66. The predicted octanol–water partition coefficient (Wildman–Crippen LogP) is 4.42. The summed E-state index contributed by atoms with van der Waals surface area (Å²) in [5.41, 5.74) is 4.30. The van der Waals surface area contributed by atoms with Gasteiger partial charge in [0.1, 0.15) is 23.5 Å². The molecule has 0 saturated carbocycles. The Morgan fingerprint density at radius 3 is 2.70 bits per heavy atom. The molecule has 1 amide bonds. The van der Waals surface area contributed by atoms with Crippen molar-refractivity contribution in [2.75, 3.05) is 44.0 Å². The number of benzene rings is 2. The van der Waals surface area contributed by atoms with E-state index in [2.05, 4.69) is 47.1 Å². The zero-order valence-electron chi connectivity index (χ0n) is 19.5. The van der Waals surface area contributed by atoms with Gasteiger partial charge in [-0.25, -0.2) is 14.8 Å². The van der Waals surface area contributed by atoms with Crippen LogP contribution in [-0.4, -0.2) is 60.4 Å². The second kappa shape index (κ2) is 8.19. The molecule has 1 spiro atoms. The highest BCUT2D eigenvalue weighted by Crippen LogP contribution is 2.41. The maximum atomic E-state index is 13.0. The van der Waals surface area contributed by atoms with Gasteiger partial charge < -0.3 is 19.7 Å². The molecule has 2 aliphatic rings. The number of nitrogens with zero attached hydrogens (tertiary/aromatic N) is 4. The third-order valence-corrected chi connectivity index (χ3v) is 6.95. The minimum absolute atomic E-state index is 0.335. The van der Waals surface area contributed by atoms with Crippen molar-refractivity contribution in [3.8, 4) is 5.75 Å². The van der Waals surface area contributed by atoms with E-state index in [0.717, 1.165) is 48.1 Å². The number of aryl methyl sites for hydroxylation is 1. The number of hydrogen-bond donors (Lipinski definition) is 1. The molecule has 0 radical (unpaired) electrons. The van der Waals surface area contributed by atoms with Crippen molar-refractivity contribution >= 4 is 34.2 Å². The molecule has 2 aromatic carbocycles. The number of piperidine rings is 1. The van der Waals surface area contributed by atoms with Crippen molar-refractivity contribution in [3.05, 3.63) is 47.8 Å². The Morgan fingerprint density at radius 2 is 1.94 bits per heavy atom. The molecule has 0 unspecified atom stereocenters. The van der Waals surface area contributed by atoms with Crippen LogP contribution in [0.3, 0.4) is 0 Å². The number of amides is 1. The van der Waals surface area contributed by atoms with E-state index in [4.69, 9.17) is 9.47 Å². The number of aromatic nitrogens is 2. The van der Waals surface area contributed by atoms with Crippen molar-refractivity contribution in [3.63, 3.8) is 0 Å². The molecule has 3 aromatic rings. The van der Waals surface area contributed by atoms with Gasteiger partial charge in [-0.2, -0.15) is 0 Å². The van der Waals surface area contributed by atoms with E-state index in [9.17, 15) is 4.79 Å². The van der Waals surface area contributed by atoms with E-state index in [1.54, 1.807) is 12.0 Å². The Balaban J connectivity index is 1.55. The molecule has 8 heteroatoms. The number of likely N-dealkylation sites (tertiary alicyclic amines) is 1. The van der Waals surface area contributed by atoms with Crippen molar-refractivity contribution in [1.29, 1.82) is 0 Å². The average molecular weight is 448 g/mol. The second-order valence-electron chi connectivity index (χ2n) is 9.08. The lowest BCUT2D eigenvalue weighted by molar-refractivity contribution is 0.00678. The number of ether oxygens (including phenoxy) is 2. The number of carbonyl (C=O) groups is 1. The zero-order chi connectivity index (χ0) is 23.2. The first kappa shape index (κ1) is 21.5. The maximum Gasteiger partial charge on any atom is 0.415 e. The van der Waals surface area contributed by atoms with Crippen molar-refractivity contribution in [1.82, 2.24) is 14.9 Å². The Labute approximate surface area is 193 Å². The van der Waals surface area contributed by atoms with Crippen LogP contribution in [0, 0.1) is 13.8 Å². The maximum absolute atomic E-state index is 13.0. The summed E-state index contributed by atoms with van der Waals surface area (Å²) >= 11 is 0. The normalized spacial score (nSPS) is 18.1. The first-order chi connectivity index (χ1) is 15.9. The van der Waals surface area contributed by atoms with Gasteiger partial charge in [-0.05, 0) is 44.2 Å². The van der Waals surface area contributed by atoms with Crippen LogP contribution in [0.5, 0.6) is 5.75 Å². The van der Waals surface area contributed by atoms with Crippen LogP contribution in [0.25, 0.3) is 10.9 Å². The lowest BCUT2D eigenvalue weighted by Gasteiger charge is -2.35. The predicted molar refractivity (Wildman–Crippen MR) is 129 cm³/mol. The monoisotopic (exact) mass is 447 g/mol. The Bertz CT molecular complexity index is 1220. The molecule has 2 aliphatic heterocycles. The van der Waals surface area contributed by atoms with Gasteiger partial charge in [-0.3, -0.25) is 4.90 Å². The van der Waals surface area contributed by atoms with Gasteiger partial charge in [0.2, 0.25) is 0 Å². The number of hydrogen-bond acceptors (Lipinski definition) is 7. The zero-order valence-corrected chi connectivity index (χ0v) is 19.5. The Hall–Kier alpha value is -3.39. The van der Waals surface area contributed by atoms with Crippen molar-refractivity contribution in [2.45, 2.75) is 32.3 Å². The van der Waals surface area contributed by atoms with Gasteiger partial charge in [0.15, 0.2) is 0 Å². The van der Waals surface area contributed by atoms with Crippen molar-refractivity contribution in [2.24, 2.45) is 0 Å². The van der Waals surface area contributed by atoms with Gasteiger partial charge in [-0.15, -0.1) is 0 Å². The molecule has 172 valence electrons. The molecule has 8 nitrogen and oxygen atoms in total. The third-order valence-electron chi connectivity index (χ3n) is 6.95. The smallest absolute Gasteiger partial charge is 0.415 e. The summed E-state index contributed by atoms with van der Waals surface area (Å²) in [5.74, 6) is 1.26. The van der Waals surface area contributed by atoms with E-state index in [1.807, 2.05) is 24.3 Å². The van der Waals surface area contributed by atoms with Gasteiger partial charge in [-0.1, -0.05) is 12.1 Å². The van der Waals surface area contributed by atoms with Crippen LogP contribution >= 0.6 is 0 Å². The summed E-state index contributed by atoms with van der Waals surface area (Å²) in [6.07, 6.45) is 2.85. The number of carbonyl (C=O) groups excluding carboxylic acids is 1. The van der Waals surface area contributed by atoms with Crippen molar-refractivity contribution < 1.29 is 14.3 Å². The highest BCUT2D eigenvalue weighted by atomic mass is 16.6. The fraction of sp³-hybridized carbons (Fsp3) is 0.400. The van der Waals surface area contributed by atoms with Crippen LogP contribution in [0.1, 0.15) is 24.0 Å². The summed E-state index contributed by atoms with van der Waals surface area (Å²) in [4.78, 5) is 25.9. The Morgan fingerprint density at radius 1 is 1.15 bits per heavy atom. The highest BCUT2D eigenvalue weighted by molar-refractivity contribution is 6.00. The van der Waals surface area contributed by atoms with Gasteiger partial charge in [0.05, 0.1) is 24.9 Å². The van der Waals surface area contributed by atoms with E-state index >= 15 is 0 Å². The SMILES string of the molecule is COc1cc2ncnc(Nc3cccc(C)c3C)c2cc1N1CC2(CCN(C)CC2)OC1=O. The summed E-state index contributed by atoms with van der Waals surface area (Å²) in [7, 11) is 3.70. The van der Waals surface area contributed by atoms with E-state index in [1.165, 1.54) is 11.9 Å². The molecular formula is C25H29N5O3. The minimum atomic E-state index is -0.448. The molecule has 5 rings (SSSR count). The van der Waals surface area contributed by atoms with E-state index in [0.29, 0.717) is 23.8 Å². The molecule has 3 heterocycles. The summed E-state index contributed by atoms with van der Waals surface area (Å²) in [6, 6.07) is 9.91. The van der Waals surface area contributed by atoms with Gasteiger partial charge in [0.25, 0.3) is 0 Å². The summed E-state index contributed by atoms with van der Waals surface area (Å²) < 4.78 is 11.6. The molecule has 0 aliphatic carbocycles. The average Bonchev–Trinajstić information content (AvgIpc) is 3.14. The molecule has 1 aromatic heterocycles. The molecule has 2 fully saturated rings. The summed E-state index contributed by atoms with van der Waals surface area (Å²) in [5, 5.41) is 4.26. The second-order valence-corrected chi connectivity index (χ2v) is 9.08. The number of anilines is 3. The highest BCUT2D eigenvalue weighted by Gasteiger charge is 2.47. The molecule has 0 atom stereocenters. The molecular weight excluding hydrogens is 418 g/mol. The van der Waals surface area contributed by atoms with Gasteiger partial charge in [0, 0.05) is 43.1 Å². The molecule has 1 N–H and O–H groups in total. The Kier molecular flexibility index (Phi) is 5.32. The topological polar surface area (TPSA) is 79.8 Å². The summed E-state index contributed by atoms with van der Waals surface area (Å²) in [6.45, 7) is 6.49. The first-order valence-corrected chi connectivity index (χ1v) is 11.2. The molecule has 0 bridgehead atoms. The standard InChI is InChI=1S/C25H29N5O3/c1-16-6-5-7-19(17(16)2)28-23-18-12-21(22(32-4)13-20(18)26-15-27-23)30-14-25(33-24(30)31)8-10-29(3)11-9-25/h5-7,12-13,15H,8-11,14H2,1-4H3,(H,26,27,28). The largest absolute Gasteiger partial charge is 0.494 e. The van der Waals surface area contributed by atoms with E-state index < -0.39 is 5.60 Å². The lowest BCUT2D eigenvalue weighted by Crippen LogP contribution is -2.45. The number of methoxy groups -OCH3 is 1. The first-order valence-electron chi connectivity index (χ1n) is 11.2. The number of nitrogens with one attached hydrogen (secondary N) is 1. The number of fused-ring (bicyclic) bond motifs is 1. The minimum Gasteiger partial charge on any atom is -0.494 e. The van der Waals surface area contributed by atoms with Crippen LogP contribution in [0.15, 0.2) is 36.7 Å². The molecule has 2 saturated heterocycles. The van der Waals surface area contributed by atoms with Crippen LogP contribution in [0.4, 0.5) is 22.0 Å². The van der Waals surface area contributed by atoms with Crippen LogP contribution < -0.4 is 15.0 Å².